The molecule has 1 N–H and O–H groups in total. The topological polar surface area (TPSA) is 72.7 Å². The summed E-state index contributed by atoms with van der Waals surface area (Å²) >= 11 is 0. The number of nitrogens with one attached hydrogen (secondary N) is 1. The Morgan fingerprint density at radius 3 is 2.64 bits per heavy atom. The number of carbonyl (C=O) groups excluding carboxylic acids is 1. The van der Waals surface area contributed by atoms with Gasteiger partial charge in [-0.3, -0.25) is 14.3 Å². The Hall–Kier alpha value is -3.23. The molecule has 3 heterocycles. The number of halogens is 3. The van der Waals surface area contributed by atoms with Gasteiger partial charge in [0, 0.05) is 31.3 Å². The van der Waals surface area contributed by atoms with Crippen LogP contribution in [-0.4, -0.2) is 25.4 Å². The number of carbonyl (C=O) groups is 1. The Kier molecular flexibility index (Phi) is 4.46. The number of rotatable bonds is 4. The van der Waals surface area contributed by atoms with Gasteiger partial charge in [0.1, 0.15) is 17.8 Å². The van der Waals surface area contributed by atoms with Crippen LogP contribution in [-0.2, 0) is 12.7 Å². The minimum absolute atomic E-state index is 0.0317. The quantitative estimate of drug-likeness (QED) is 0.787. The van der Waals surface area contributed by atoms with Crippen molar-refractivity contribution < 1.29 is 18.0 Å². The second kappa shape index (κ2) is 6.71. The van der Waals surface area contributed by atoms with E-state index in [-0.39, 0.29) is 6.54 Å². The maximum atomic E-state index is 12.9. The van der Waals surface area contributed by atoms with E-state index in [1.807, 2.05) is 0 Å². The SMILES string of the molecule is O=C(NCc1ccc(-n2ccnc2)nc1)c1ncccc1C(F)(F)F. The number of amides is 1. The predicted octanol–water partition coefficient (Wildman–Crippen LogP) is 2.61. The highest BCUT2D eigenvalue weighted by Gasteiger charge is 2.35. The maximum absolute atomic E-state index is 12.9. The van der Waals surface area contributed by atoms with Gasteiger partial charge in [0.15, 0.2) is 0 Å². The molecule has 0 aromatic carbocycles. The molecule has 25 heavy (non-hydrogen) atoms. The summed E-state index contributed by atoms with van der Waals surface area (Å²) in [5.41, 5.74) is -1.08. The molecule has 0 spiro atoms. The van der Waals surface area contributed by atoms with E-state index < -0.39 is 23.3 Å². The highest BCUT2D eigenvalue weighted by molar-refractivity contribution is 5.93. The van der Waals surface area contributed by atoms with Gasteiger partial charge in [0.2, 0.25) is 0 Å². The average Bonchev–Trinajstić information content (AvgIpc) is 3.14. The Morgan fingerprint density at radius 1 is 1.16 bits per heavy atom. The lowest BCUT2D eigenvalue weighted by atomic mass is 10.1. The maximum Gasteiger partial charge on any atom is 0.418 e. The van der Waals surface area contributed by atoms with Crippen molar-refractivity contribution in [1.29, 1.82) is 0 Å². The molecule has 3 aromatic rings. The van der Waals surface area contributed by atoms with Crippen LogP contribution in [0.3, 0.4) is 0 Å². The highest BCUT2D eigenvalue weighted by Crippen LogP contribution is 2.30. The van der Waals surface area contributed by atoms with Crippen LogP contribution >= 0.6 is 0 Å². The molecule has 0 bridgehead atoms. The zero-order chi connectivity index (χ0) is 17.9. The molecule has 0 aliphatic carbocycles. The van der Waals surface area contributed by atoms with Gasteiger partial charge in [-0.15, -0.1) is 0 Å². The predicted molar refractivity (Wildman–Crippen MR) is 81.8 cm³/mol. The van der Waals surface area contributed by atoms with Crippen LogP contribution in [0.2, 0.25) is 0 Å². The molecule has 0 atom stereocenters. The van der Waals surface area contributed by atoms with Gasteiger partial charge in [-0.05, 0) is 23.8 Å². The number of aromatic nitrogens is 4. The van der Waals surface area contributed by atoms with E-state index >= 15 is 0 Å². The zero-order valence-electron chi connectivity index (χ0n) is 12.7. The number of pyridine rings is 2. The molecule has 0 unspecified atom stereocenters. The summed E-state index contributed by atoms with van der Waals surface area (Å²) in [7, 11) is 0. The number of hydrogen-bond donors (Lipinski definition) is 1. The number of nitrogens with zero attached hydrogens (tertiary/aromatic N) is 4. The van der Waals surface area contributed by atoms with E-state index in [4.69, 9.17) is 0 Å². The first-order chi connectivity index (χ1) is 11.9. The first-order valence-electron chi connectivity index (χ1n) is 7.19. The normalized spacial score (nSPS) is 11.3. The van der Waals surface area contributed by atoms with Crippen molar-refractivity contribution in [2.45, 2.75) is 12.7 Å². The Labute approximate surface area is 140 Å². The second-order valence-electron chi connectivity index (χ2n) is 5.07. The lowest BCUT2D eigenvalue weighted by Gasteiger charge is -2.11. The van der Waals surface area contributed by atoms with Crippen LogP contribution < -0.4 is 5.32 Å². The molecule has 0 aliphatic rings. The third-order valence-electron chi connectivity index (χ3n) is 3.36. The van der Waals surface area contributed by atoms with Crippen molar-refractivity contribution in [3.8, 4) is 5.82 Å². The molecule has 3 rings (SSSR count). The molecule has 0 radical (unpaired) electrons. The van der Waals surface area contributed by atoms with E-state index in [0.29, 0.717) is 11.4 Å². The minimum Gasteiger partial charge on any atom is -0.347 e. The van der Waals surface area contributed by atoms with E-state index in [1.165, 1.54) is 6.20 Å². The van der Waals surface area contributed by atoms with Gasteiger partial charge in [-0.2, -0.15) is 13.2 Å². The van der Waals surface area contributed by atoms with Crippen molar-refractivity contribution in [3.05, 3.63) is 72.2 Å². The lowest BCUT2D eigenvalue weighted by Crippen LogP contribution is -2.27. The van der Waals surface area contributed by atoms with Gasteiger partial charge >= 0.3 is 6.18 Å². The summed E-state index contributed by atoms with van der Waals surface area (Å²) in [5, 5.41) is 2.42. The third-order valence-corrected chi connectivity index (χ3v) is 3.36. The van der Waals surface area contributed by atoms with Crippen molar-refractivity contribution in [2.75, 3.05) is 0 Å². The summed E-state index contributed by atoms with van der Waals surface area (Å²) in [5.74, 6) is -0.261. The second-order valence-corrected chi connectivity index (χ2v) is 5.07. The van der Waals surface area contributed by atoms with E-state index in [1.54, 1.807) is 35.4 Å². The molecular formula is C16H12F3N5O. The monoisotopic (exact) mass is 347 g/mol. The first-order valence-corrected chi connectivity index (χ1v) is 7.19. The van der Waals surface area contributed by atoms with Crippen molar-refractivity contribution in [1.82, 2.24) is 24.8 Å². The standard InChI is InChI=1S/C16H12F3N5O/c17-16(18,19)12-2-1-5-21-14(12)15(25)23-9-11-3-4-13(22-8-11)24-7-6-20-10-24/h1-8,10H,9H2,(H,23,25). The van der Waals surface area contributed by atoms with Crippen LogP contribution in [0.1, 0.15) is 21.6 Å². The molecule has 1 amide bonds. The molecule has 0 saturated carbocycles. The molecule has 128 valence electrons. The van der Waals surface area contributed by atoms with Crippen LogP contribution in [0.25, 0.3) is 5.82 Å². The lowest BCUT2D eigenvalue weighted by molar-refractivity contribution is -0.138. The average molecular weight is 347 g/mol. The highest BCUT2D eigenvalue weighted by atomic mass is 19.4. The van der Waals surface area contributed by atoms with Crippen LogP contribution in [0.15, 0.2) is 55.4 Å². The summed E-state index contributed by atoms with van der Waals surface area (Å²) in [6.07, 6.45) is 2.95. The van der Waals surface area contributed by atoms with E-state index in [9.17, 15) is 18.0 Å². The number of hydrogen-bond acceptors (Lipinski definition) is 4. The summed E-state index contributed by atoms with van der Waals surface area (Å²) < 4.78 is 40.4. The molecule has 0 aliphatic heterocycles. The molecule has 9 heteroatoms. The van der Waals surface area contributed by atoms with Crippen molar-refractivity contribution >= 4 is 5.91 Å². The molecular weight excluding hydrogens is 335 g/mol. The van der Waals surface area contributed by atoms with Gasteiger partial charge in [0.05, 0.1) is 5.56 Å². The van der Waals surface area contributed by atoms with Gasteiger partial charge in [0.25, 0.3) is 5.91 Å². The summed E-state index contributed by atoms with van der Waals surface area (Å²) in [4.78, 5) is 23.7. The van der Waals surface area contributed by atoms with Gasteiger partial charge in [-0.25, -0.2) is 9.97 Å². The Bertz CT molecular complexity index is 860. The fourth-order valence-corrected chi connectivity index (χ4v) is 2.15. The van der Waals surface area contributed by atoms with Crippen LogP contribution in [0.5, 0.6) is 0 Å². The van der Waals surface area contributed by atoms with Gasteiger partial charge in [-0.1, -0.05) is 6.07 Å². The largest absolute Gasteiger partial charge is 0.418 e. The fourth-order valence-electron chi connectivity index (χ4n) is 2.15. The molecule has 0 saturated heterocycles. The smallest absolute Gasteiger partial charge is 0.347 e. The zero-order valence-corrected chi connectivity index (χ0v) is 12.7. The third kappa shape index (κ3) is 3.82. The number of imidazole rings is 1. The Balaban J connectivity index is 1.69. The summed E-state index contributed by atoms with van der Waals surface area (Å²) in [6.45, 7) is 0.0317. The summed E-state index contributed by atoms with van der Waals surface area (Å²) in [6, 6.07) is 5.39. The van der Waals surface area contributed by atoms with Gasteiger partial charge < -0.3 is 5.32 Å². The van der Waals surface area contributed by atoms with Crippen molar-refractivity contribution in [3.63, 3.8) is 0 Å². The Morgan fingerprint density at radius 2 is 2.00 bits per heavy atom. The van der Waals surface area contributed by atoms with E-state index in [2.05, 4.69) is 20.3 Å². The minimum atomic E-state index is -4.64. The first kappa shape index (κ1) is 16.6. The molecule has 6 nitrogen and oxygen atoms in total. The van der Waals surface area contributed by atoms with E-state index in [0.717, 1.165) is 18.3 Å². The van der Waals surface area contributed by atoms with Crippen LogP contribution in [0.4, 0.5) is 13.2 Å². The molecule has 3 aromatic heterocycles. The fraction of sp³-hybridized carbons (Fsp3) is 0.125. The van der Waals surface area contributed by atoms with Crippen molar-refractivity contribution in [2.24, 2.45) is 0 Å². The van der Waals surface area contributed by atoms with Crippen LogP contribution in [0, 0.1) is 0 Å². The number of alkyl halides is 3. The molecule has 0 fully saturated rings.